The van der Waals surface area contributed by atoms with Gasteiger partial charge in [-0.25, -0.2) is 4.98 Å². The van der Waals surface area contributed by atoms with E-state index in [1.165, 1.54) is 25.9 Å². The highest BCUT2D eigenvalue weighted by molar-refractivity contribution is 14.0. The number of halogens is 1. The number of guanidine groups is 1. The van der Waals surface area contributed by atoms with Crippen LogP contribution in [-0.2, 0) is 6.54 Å². The van der Waals surface area contributed by atoms with Crippen molar-refractivity contribution >= 4 is 41.3 Å². The van der Waals surface area contributed by atoms with Crippen molar-refractivity contribution in [1.29, 1.82) is 0 Å². The van der Waals surface area contributed by atoms with Crippen molar-refractivity contribution in [3.8, 4) is 0 Å². The molecule has 1 N–H and O–H groups in total. The second-order valence-corrected chi connectivity index (χ2v) is 7.37. The summed E-state index contributed by atoms with van der Waals surface area (Å²) in [5, 5.41) is 6.67. The van der Waals surface area contributed by atoms with Gasteiger partial charge >= 0.3 is 0 Å². The van der Waals surface area contributed by atoms with Gasteiger partial charge in [0.25, 0.3) is 0 Å². The Bertz CT molecular complexity index is 505. The van der Waals surface area contributed by atoms with Gasteiger partial charge in [-0.05, 0) is 45.7 Å². The van der Waals surface area contributed by atoms with Gasteiger partial charge in [0.15, 0.2) is 5.96 Å². The van der Waals surface area contributed by atoms with Crippen LogP contribution >= 0.6 is 35.3 Å². The number of hydrogen-bond donors (Lipinski definition) is 1. The van der Waals surface area contributed by atoms with Crippen molar-refractivity contribution < 1.29 is 0 Å². The van der Waals surface area contributed by atoms with Crippen LogP contribution in [0.25, 0.3) is 0 Å². The van der Waals surface area contributed by atoms with Crippen molar-refractivity contribution in [1.82, 2.24) is 20.1 Å². The molecule has 1 saturated heterocycles. The maximum atomic E-state index is 4.89. The highest BCUT2D eigenvalue weighted by atomic mass is 127. The predicted octanol–water partition coefficient (Wildman–Crippen LogP) is 3.20. The van der Waals surface area contributed by atoms with Crippen molar-refractivity contribution in [3.63, 3.8) is 0 Å². The van der Waals surface area contributed by atoms with E-state index in [0.29, 0.717) is 5.92 Å². The van der Waals surface area contributed by atoms with Crippen LogP contribution in [0.4, 0.5) is 0 Å². The van der Waals surface area contributed by atoms with Crippen LogP contribution in [0.3, 0.4) is 0 Å². The first-order chi connectivity index (χ1) is 11.1. The normalized spacial score (nSPS) is 19.0. The molecule has 0 amide bonds. The number of nitrogens with zero attached hydrogens (tertiary/aromatic N) is 4. The number of aryl methyl sites for hydroxylation is 1. The van der Waals surface area contributed by atoms with Gasteiger partial charge in [0.1, 0.15) is 0 Å². The van der Waals surface area contributed by atoms with Gasteiger partial charge in [-0.15, -0.1) is 35.3 Å². The summed E-state index contributed by atoms with van der Waals surface area (Å²) >= 11 is 1.71. The van der Waals surface area contributed by atoms with E-state index in [0.717, 1.165) is 42.8 Å². The molecule has 0 spiro atoms. The van der Waals surface area contributed by atoms with Crippen molar-refractivity contribution in [2.45, 2.75) is 40.2 Å². The fourth-order valence-corrected chi connectivity index (χ4v) is 3.68. The fourth-order valence-electron chi connectivity index (χ4n) is 3.07. The van der Waals surface area contributed by atoms with E-state index in [-0.39, 0.29) is 24.0 Å². The summed E-state index contributed by atoms with van der Waals surface area (Å²) in [5.41, 5.74) is 1.12. The Morgan fingerprint density at radius 2 is 2.29 bits per heavy atom. The second-order valence-electron chi connectivity index (χ2n) is 6.31. The molecule has 7 heteroatoms. The average Bonchev–Trinajstić information content (AvgIpc) is 2.96. The van der Waals surface area contributed by atoms with E-state index in [1.54, 1.807) is 11.3 Å². The molecular formula is C17H32IN5S. The molecule has 5 nitrogen and oxygen atoms in total. The van der Waals surface area contributed by atoms with Crippen molar-refractivity contribution in [2.24, 2.45) is 10.9 Å². The summed E-state index contributed by atoms with van der Waals surface area (Å²) in [6, 6.07) is 0. The number of rotatable bonds is 6. The smallest absolute Gasteiger partial charge is 0.194 e. The molecule has 24 heavy (non-hydrogen) atoms. The summed E-state index contributed by atoms with van der Waals surface area (Å²) in [6.45, 7) is 12.6. The Balaban J connectivity index is 0.00000288. The van der Waals surface area contributed by atoms with Gasteiger partial charge < -0.3 is 15.1 Å². The maximum Gasteiger partial charge on any atom is 0.194 e. The van der Waals surface area contributed by atoms with E-state index in [9.17, 15) is 0 Å². The fraction of sp³-hybridized carbons (Fsp3) is 0.765. The van der Waals surface area contributed by atoms with Gasteiger partial charge in [-0.2, -0.15) is 0 Å². The molecule has 1 aliphatic rings. The molecule has 0 saturated carbocycles. The molecule has 1 aromatic rings. The molecule has 2 heterocycles. The number of aromatic nitrogens is 1. The minimum absolute atomic E-state index is 0. The first-order valence-electron chi connectivity index (χ1n) is 8.75. The molecule has 1 atom stereocenters. The molecule has 0 aromatic carbocycles. The zero-order chi connectivity index (χ0) is 16.7. The van der Waals surface area contributed by atoms with Crippen LogP contribution < -0.4 is 5.32 Å². The van der Waals surface area contributed by atoms with Crippen LogP contribution in [-0.4, -0.2) is 60.5 Å². The van der Waals surface area contributed by atoms with Crippen molar-refractivity contribution in [2.75, 3.05) is 39.8 Å². The molecule has 1 aromatic heterocycles. The van der Waals surface area contributed by atoms with E-state index >= 15 is 0 Å². The molecule has 0 aliphatic carbocycles. The first-order valence-corrected chi connectivity index (χ1v) is 9.63. The van der Waals surface area contributed by atoms with Crippen LogP contribution in [0.1, 0.15) is 37.4 Å². The second kappa shape index (κ2) is 11.3. The number of hydrogen-bond acceptors (Lipinski definition) is 4. The van der Waals surface area contributed by atoms with Gasteiger partial charge in [-0.3, -0.25) is 4.99 Å². The third-order valence-electron chi connectivity index (χ3n) is 4.31. The molecule has 2 rings (SSSR count). The number of likely N-dealkylation sites (tertiary alicyclic amines) is 1. The van der Waals surface area contributed by atoms with Gasteiger partial charge in [-0.1, -0.05) is 6.92 Å². The Hall–Kier alpha value is -0.410. The highest BCUT2D eigenvalue weighted by Crippen LogP contribution is 2.16. The Morgan fingerprint density at radius 3 is 2.92 bits per heavy atom. The summed E-state index contributed by atoms with van der Waals surface area (Å²) in [5.74, 6) is 1.68. The number of nitrogens with one attached hydrogen (secondary N) is 1. The van der Waals surface area contributed by atoms with E-state index < -0.39 is 0 Å². The Labute approximate surface area is 168 Å². The molecule has 1 fully saturated rings. The zero-order valence-corrected chi connectivity index (χ0v) is 18.6. The Kier molecular flexibility index (Phi) is 10.1. The summed E-state index contributed by atoms with van der Waals surface area (Å²) < 4.78 is 0. The molecule has 138 valence electrons. The summed E-state index contributed by atoms with van der Waals surface area (Å²) in [7, 11) is 2.09. The monoisotopic (exact) mass is 465 g/mol. The van der Waals surface area contributed by atoms with Gasteiger partial charge in [0.2, 0.25) is 0 Å². The van der Waals surface area contributed by atoms with Crippen molar-refractivity contribution in [3.05, 3.63) is 16.1 Å². The van der Waals surface area contributed by atoms with Gasteiger partial charge in [0.05, 0.1) is 17.2 Å². The SMILES string of the molecule is CCNC(=NCC1CCCN(CC)C1)N(C)Cc1csc(C)n1.I. The molecule has 0 bridgehead atoms. The quantitative estimate of drug-likeness (QED) is 0.398. The van der Waals surface area contributed by atoms with Crippen LogP contribution in [0.15, 0.2) is 10.4 Å². The van der Waals surface area contributed by atoms with E-state index in [4.69, 9.17) is 4.99 Å². The average molecular weight is 465 g/mol. The lowest BCUT2D eigenvalue weighted by Gasteiger charge is -2.31. The minimum Gasteiger partial charge on any atom is -0.357 e. The minimum atomic E-state index is 0. The van der Waals surface area contributed by atoms with Crippen LogP contribution in [0, 0.1) is 12.8 Å². The first kappa shape index (κ1) is 21.6. The number of thiazole rings is 1. The Morgan fingerprint density at radius 1 is 1.50 bits per heavy atom. The maximum absolute atomic E-state index is 4.89. The lowest BCUT2D eigenvalue weighted by molar-refractivity contribution is 0.186. The van der Waals surface area contributed by atoms with E-state index in [1.807, 2.05) is 0 Å². The predicted molar refractivity (Wildman–Crippen MR) is 115 cm³/mol. The zero-order valence-electron chi connectivity index (χ0n) is 15.4. The third-order valence-corrected chi connectivity index (χ3v) is 5.13. The summed E-state index contributed by atoms with van der Waals surface area (Å²) in [4.78, 5) is 14.2. The van der Waals surface area contributed by atoms with Crippen LogP contribution in [0.5, 0.6) is 0 Å². The lowest BCUT2D eigenvalue weighted by atomic mass is 9.98. The third kappa shape index (κ3) is 6.84. The van der Waals surface area contributed by atoms with E-state index in [2.05, 4.69) is 53.3 Å². The molecule has 1 aliphatic heterocycles. The highest BCUT2D eigenvalue weighted by Gasteiger charge is 2.19. The summed E-state index contributed by atoms with van der Waals surface area (Å²) in [6.07, 6.45) is 2.60. The molecule has 1 unspecified atom stereocenters. The topological polar surface area (TPSA) is 43.8 Å². The van der Waals surface area contributed by atoms with Crippen LogP contribution in [0.2, 0.25) is 0 Å². The molecule has 0 radical (unpaired) electrons. The van der Waals surface area contributed by atoms with Gasteiger partial charge in [0, 0.05) is 32.1 Å². The standard InChI is InChI=1S/C17H31N5S.HI/c1-5-18-17(21(4)12-16-13-23-14(3)20-16)19-10-15-8-7-9-22(6-2)11-15;/h13,15H,5-12H2,1-4H3,(H,18,19);1H. The number of piperidine rings is 1. The largest absolute Gasteiger partial charge is 0.357 e. The lowest BCUT2D eigenvalue weighted by Crippen LogP contribution is -2.40. The molecular weight excluding hydrogens is 433 g/mol. The number of aliphatic imine (C=N–C) groups is 1.